The Labute approximate surface area is 144 Å². The van der Waals surface area contributed by atoms with Gasteiger partial charge in [0.1, 0.15) is 6.04 Å². The van der Waals surface area contributed by atoms with Crippen molar-refractivity contribution in [2.45, 2.75) is 44.7 Å². The average Bonchev–Trinajstić information content (AvgIpc) is 2.89. The third-order valence-electron chi connectivity index (χ3n) is 4.94. The van der Waals surface area contributed by atoms with E-state index in [4.69, 9.17) is 0 Å². The van der Waals surface area contributed by atoms with Gasteiger partial charge in [-0.05, 0) is 30.4 Å². The largest absolute Gasteiger partial charge is 0.358 e. The minimum absolute atomic E-state index is 0.247. The molecular weight excluding hydrogens is 326 g/mol. The second kappa shape index (κ2) is 7.21. The summed E-state index contributed by atoms with van der Waals surface area (Å²) >= 11 is 0. The van der Waals surface area contributed by atoms with Crippen LogP contribution in [0.3, 0.4) is 0 Å². The van der Waals surface area contributed by atoms with Gasteiger partial charge in [0.25, 0.3) is 10.2 Å². The monoisotopic (exact) mass is 351 g/mol. The summed E-state index contributed by atoms with van der Waals surface area (Å²) in [5, 5.41) is 2.62. The summed E-state index contributed by atoms with van der Waals surface area (Å²) in [5.41, 5.74) is 2.03. The molecule has 2 aliphatic rings. The number of fused-ring (bicyclic) bond motifs is 1. The van der Waals surface area contributed by atoms with Crippen LogP contribution in [-0.4, -0.2) is 49.1 Å². The van der Waals surface area contributed by atoms with Crippen LogP contribution in [0.25, 0.3) is 0 Å². The highest BCUT2D eigenvalue weighted by Gasteiger charge is 2.41. The lowest BCUT2D eigenvalue weighted by Crippen LogP contribution is -2.55. The SMILES string of the molecule is CNC(=O)C1Cc2ccccc2CN1S(=O)(=O)N1CCCCCC1. The quantitative estimate of drug-likeness (QED) is 0.892. The van der Waals surface area contributed by atoms with E-state index in [2.05, 4.69) is 5.32 Å². The standard InChI is InChI=1S/C17H25N3O3S/c1-18-17(21)16-12-14-8-4-5-9-15(14)13-20(16)24(22,23)19-10-6-2-3-7-11-19/h4-5,8-9,16H,2-3,6-7,10-13H2,1H3,(H,18,21). The molecule has 6 nitrogen and oxygen atoms in total. The van der Waals surface area contributed by atoms with Crippen LogP contribution < -0.4 is 5.32 Å². The minimum Gasteiger partial charge on any atom is -0.358 e. The van der Waals surface area contributed by atoms with Gasteiger partial charge in [0.2, 0.25) is 5.91 Å². The van der Waals surface area contributed by atoms with Crippen molar-refractivity contribution in [3.8, 4) is 0 Å². The van der Waals surface area contributed by atoms with Crippen molar-refractivity contribution >= 4 is 16.1 Å². The lowest BCUT2D eigenvalue weighted by Gasteiger charge is -2.37. The highest BCUT2D eigenvalue weighted by Crippen LogP contribution is 2.28. The molecule has 0 bridgehead atoms. The maximum Gasteiger partial charge on any atom is 0.283 e. The Morgan fingerprint density at radius 2 is 1.71 bits per heavy atom. The van der Waals surface area contributed by atoms with Crippen LogP contribution in [0.4, 0.5) is 0 Å². The van der Waals surface area contributed by atoms with Gasteiger partial charge in [0, 0.05) is 26.7 Å². The topological polar surface area (TPSA) is 69.7 Å². The van der Waals surface area contributed by atoms with Crippen molar-refractivity contribution in [1.29, 1.82) is 0 Å². The van der Waals surface area contributed by atoms with E-state index >= 15 is 0 Å². The van der Waals surface area contributed by atoms with Crippen molar-refractivity contribution in [2.75, 3.05) is 20.1 Å². The first kappa shape index (κ1) is 17.4. The minimum atomic E-state index is -3.65. The molecule has 0 aliphatic carbocycles. The number of nitrogens with one attached hydrogen (secondary N) is 1. The third-order valence-corrected chi connectivity index (χ3v) is 6.94. The first-order valence-electron chi connectivity index (χ1n) is 8.59. The zero-order valence-electron chi connectivity index (χ0n) is 14.1. The zero-order valence-corrected chi connectivity index (χ0v) is 14.9. The van der Waals surface area contributed by atoms with Crippen LogP contribution in [0.2, 0.25) is 0 Å². The summed E-state index contributed by atoms with van der Waals surface area (Å²) in [6, 6.07) is 7.08. The van der Waals surface area contributed by atoms with E-state index in [1.165, 1.54) is 4.31 Å². The lowest BCUT2D eigenvalue weighted by atomic mass is 9.95. The molecule has 0 aromatic heterocycles. The number of amides is 1. The molecular formula is C17H25N3O3S. The number of likely N-dealkylation sites (N-methyl/N-ethyl adjacent to an activating group) is 1. The van der Waals surface area contributed by atoms with Crippen LogP contribution in [0.5, 0.6) is 0 Å². The molecule has 1 aromatic rings. The summed E-state index contributed by atoms with van der Waals surface area (Å²) in [6.07, 6.45) is 4.31. The lowest BCUT2D eigenvalue weighted by molar-refractivity contribution is -0.124. The van der Waals surface area contributed by atoms with E-state index in [9.17, 15) is 13.2 Å². The molecule has 0 spiro atoms. The van der Waals surface area contributed by atoms with Crippen LogP contribution in [-0.2, 0) is 28.0 Å². The molecule has 1 atom stereocenters. The maximum atomic E-state index is 13.2. The fourth-order valence-corrected chi connectivity index (χ4v) is 5.36. The number of benzene rings is 1. The Hall–Kier alpha value is -1.44. The highest BCUT2D eigenvalue weighted by atomic mass is 32.2. The van der Waals surface area contributed by atoms with Crippen LogP contribution in [0.1, 0.15) is 36.8 Å². The molecule has 2 heterocycles. The maximum absolute atomic E-state index is 13.2. The molecule has 1 fully saturated rings. The molecule has 1 N–H and O–H groups in total. The predicted octanol–water partition coefficient (Wildman–Crippen LogP) is 1.28. The summed E-state index contributed by atoms with van der Waals surface area (Å²) in [6.45, 7) is 1.34. The molecule has 24 heavy (non-hydrogen) atoms. The molecule has 1 unspecified atom stereocenters. The molecule has 0 radical (unpaired) electrons. The second-order valence-corrected chi connectivity index (χ2v) is 8.35. The molecule has 1 saturated heterocycles. The molecule has 2 aliphatic heterocycles. The van der Waals surface area contributed by atoms with Crippen molar-refractivity contribution in [1.82, 2.24) is 13.9 Å². The zero-order chi connectivity index (χ0) is 17.2. The van der Waals surface area contributed by atoms with Crippen LogP contribution in [0, 0.1) is 0 Å². The Bertz CT molecular complexity index is 697. The van der Waals surface area contributed by atoms with Gasteiger partial charge in [0.15, 0.2) is 0 Å². The van der Waals surface area contributed by atoms with Gasteiger partial charge in [-0.15, -0.1) is 0 Å². The Morgan fingerprint density at radius 1 is 1.08 bits per heavy atom. The number of carbonyl (C=O) groups is 1. The summed E-state index contributed by atoms with van der Waals surface area (Å²) in [4.78, 5) is 12.3. The molecule has 0 saturated carbocycles. The molecule has 1 amide bonds. The van der Waals surface area contributed by atoms with E-state index in [1.54, 1.807) is 11.4 Å². The summed E-state index contributed by atoms with van der Waals surface area (Å²) in [7, 11) is -2.09. The highest BCUT2D eigenvalue weighted by molar-refractivity contribution is 7.86. The van der Waals surface area contributed by atoms with Gasteiger partial charge in [-0.25, -0.2) is 0 Å². The summed E-state index contributed by atoms with van der Waals surface area (Å²) in [5.74, 6) is -0.247. The van der Waals surface area contributed by atoms with Crippen molar-refractivity contribution in [3.05, 3.63) is 35.4 Å². The second-order valence-electron chi connectivity index (χ2n) is 6.47. The molecule has 1 aromatic carbocycles. The smallest absolute Gasteiger partial charge is 0.283 e. The number of carbonyl (C=O) groups excluding carboxylic acids is 1. The number of hydrogen-bond donors (Lipinski definition) is 1. The van der Waals surface area contributed by atoms with E-state index in [1.807, 2.05) is 24.3 Å². The van der Waals surface area contributed by atoms with E-state index in [0.29, 0.717) is 19.5 Å². The van der Waals surface area contributed by atoms with E-state index < -0.39 is 16.3 Å². The Kier molecular flexibility index (Phi) is 5.22. The molecule has 3 rings (SSSR count). The Morgan fingerprint density at radius 3 is 2.33 bits per heavy atom. The first-order valence-corrected chi connectivity index (χ1v) is 9.99. The third kappa shape index (κ3) is 3.34. The predicted molar refractivity (Wildman–Crippen MR) is 92.5 cm³/mol. The number of rotatable bonds is 3. The first-order chi connectivity index (χ1) is 11.5. The average molecular weight is 351 g/mol. The van der Waals surface area contributed by atoms with Gasteiger partial charge < -0.3 is 5.32 Å². The number of hydrogen-bond acceptors (Lipinski definition) is 3. The normalized spacial score (nSPS) is 23.3. The van der Waals surface area contributed by atoms with Gasteiger partial charge in [-0.1, -0.05) is 37.1 Å². The van der Waals surface area contributed by atoms with Gasteiger partial charge in [0.05, 0.1) is 0 Å². The summed E-state index contributed by atoms with van der Waals surface area (Å²) < 4.78 is 29.4. The molecule has 7 heteroatoms. The van der Waals surface area contributed by atoms with Gasteiger partial charge >= 0.3 is 0 Å². The van der Waals surface area contributed by atoms with Gasteiger partial charge in [-0.2, -0.15) is 17.0 Å². The fraction of sp³-hybridized carbons (Fsp3) is 0.588. The molecule has 132 valence electrons. The van der Waals surface area contributed by atoms with E-state index in [-0.39, 0.29) is 12.5 Å². The van der Waals surface area contributed by atoms with Crippen LogP contribution >= 0.6 is 0 Å². The van der Waals surface area contributed by atoms with E-state index in [0.717, 1.165) is 36.8 Å². The van der Waals surface area contributed by atoms with Crippen molar-refractivity contribution in [2.24, 2.45) is 0 Å². The van der Waals surface area contributed by atoms with Gasteiger partial charge in [-0.3, -0.25) is 4.79 Å². The number of nitrogens with zero attached hydrogens (tertiary/aromatic N) is 2. The fourth-order valence-electron chi connectivity index (χ4n) is 3.55. The van der Waals surface area contributed by atoms with Crippen molar-refractivity contribution in [3.63, 3.8) is 0 Å². The van der Waals surface area contributed by atoms with Crippen LogP contribution in [0.15, 0.2) is 24.3 Å². The Balaban J connectivity index is 1.94. The van der Waals surface area contributed by atoms with Crippen molar-refractivity contribution < 1.29 is 13.2 Å².